The van der Waals surface area contributed by atoms with Gasteiger partial charge in [0.05, 0.1) is 0 Å². The van der Waals surface area contributed by atoms with Crippen LogP contribution in [0.15, 0.2) is 0 Å². The summed E-state index contributed by atoms with van der Waals surface area (Å²) in [5, 5.41) is 0.618. The average molecular weight is 121 g/mol. The maximum absolute atomic E-state index is 9.01. The monoisotopic (exact) mass is 122 g/mol. The topological polar surface area (TPSA) is 37.3 Å². The number of carbonyl (C=O) groups is 1. The van der Waals surface area contributed by atoms with E-state index in [1.807, 2.05) is 0 Å². The third kappa shape index (κ3) is 2.17. The number of carbonyl (C=O) groups excluding carboxylic acids is 1. The van der Waals surface area contributed by atoms with Crippen molar-refractivity contribution in [1.29, 1.82) is 0 Å². The molecule has 0 aliphatic heterocycles. The molecule has 0 spiro atoms. The predicted molar refractivity (Wildman–Crippen MR) is 17.5 cm³/mol. The quantitative estimate of drug-likeness (QED) is 0.329. The molecule has 2 nitrogen and oxygen atoms in total. The Hall–Kier alpha value is 0.173. The molecule has 0 unspecified atom stereocenters. The molecule has 0 heterocycles. The van der Waals surface area contributed by atoms with E-state index in [2.05, 4.69) is 0 Å². The summed E-state index contributed by atoms with van der Waals surface area (Å²) in [6.45, 7) is 0. The first-order chi connectivity index (χ1) is 1.91. The minimum atomic E-state index is -1.57. The van der Waals surface area contributed by atoms with Crippen molar-refractivity contribution in [3.05, 3.63) is 0 Å². The van der Waals surface area contributed by atoms with Crippen molar-refractivity contribution in [2.75, 3.05) is 0 Å². The summed E-state index contributed by atoms with van der Waals surface area (Å²) < 4.78 is 7.69. The van der Waals surface area contributed by atoms with Gasteiger partial charge in [-0.05, 0) is 0 Å². The van der Waals surface area contributed by atoms with Gasteiger partial charge in [0.2, 0.25) is 0 Å². The molecule has 0 atom stereocenters. The van der Waals surface area contributed by atoms with Gasteiger partial charge in [0.1, 0.15) is 0 Å². The molecule has 0 rings (SSSR count). The fraction of sp³-hybridized carbons (Fsp3) is 0. The second kappa shape index (κ2) is 3.17. The van der Waals surface area contributed by atoms with E-state index >= 15 is 0 Å². The van der Waals surface area contributed by atoms with Crippen LogP contribution in [0.5, 0.6) is 0 Å². The fourth-order valence-corrected chi connectivity index (χ4v) is 0. The van der Waals surface area contributed by atoms with Crippen molar-refractivity contribution in [3.8, 4) is 0 Å². The Labute approximate surface area is 30.6 Å². The zero-order chi connectivity index (χ0) is 3.41. The Bertz CT molecular complexity index is 20.0. The molecule has 4 heavy (non-hydrogen) atoms. The Kier molecular flexibility index (Phi) is 3.31. The fourth-order valence-electron chi connectivity index (χ4n) is 0. The number of hydrogen-bond acceptors (Lipinski definition) is 2. The van der Waals surface area contributed by atoms with Crippen LogP contribution in [0.1, 0.15) is 0 Å². The minimum absolute atomic E-state index is 0.618. The van der Waals surface area contributed by atoms with E-state index in [-0.39, 0.29) is 0 Å². The van der Waals surface area contributed by atoms with Crippen LogP contribution in [-0.2, 0) is 4.79 Å². The van der Waals surface area contributed by atoms with E-state index in [0.29, 0.717) is 5.12 Å². The molecule has 0 aromatic carbocycles. The van der Waals surface area contributed by atoms with Crippen LogP contribution in [0.2, 0.25) is 0 Å². The van der Waals surface area contributed by atoms with Gasteiger partial charge < -0.3 is 0 Å². The van der Waals surface area contributed by atoms with Crippen LogP contribution in [0.3, 0.4) is 0 Å². The van der Waals surface area contributed by atoms with Gasteiger partial charge in [-0.2, -0.15) is 0 Å². The zero-order valence-electron chi connectivity index (χ0n) is 2.14. The molecule has 1 N–H and O–H groups in total. The summed E-state index contributed by atoms with van der Waals surface area (Å²) in [6.07, 6.45) is 0. The SMILES string of the molecule is O=[CH][GeH2][OH]. The first kappa shape index (κ1) is 4.17. The summed E-state index contributed by atoms with van der Waals surface area (Å²) in [7, 11) is 0. The molecule has 0 aromatic rings. The third-order valence-corrected chi connectivity index (χ3v) is 0.387. The van der Waals surface area contributed by atoms with Gasteiger partial charge in [-0.15, -0.1) is 0 Å². The van der Waals surface area contributed by atoms with Gasteiger partial charge in [-0.1, -0.05) is 0 Å². The molecule has 0 bridgehead atoms. The van der Waals surface area contributed by atoms with E-state index < -0.39 is 15.8 Å². The van der Waals surface area contributed by atoms with Gasteiger partial charge in [0.25, 0.3) is 0 Å². The molecule has 3 heteroatoms. The van der Waals surface area contributed by atoms with Crippen LogP contribution in [0.25, 0.3) is 0 Å². The van der Waals surface area contributed by atoms with E-state index in [9.17, 15) is 0 Å². The van der Waals surface area contributed by atoms with E-state index in [1.54, 1.807) is 0 Å². The van der Waals surface area contributed by atoms with Gasteiger partial charge in [0, 0.05) is 0 Å². The number of rotatable bonds is 1. The standard InChI is InChI=1S/CH4GeO2/c3-1-2-4/h1,4H,2H2. The van der Waals surface area contributed by atoms with E-state index in [0.717, 1.165) is 0 Å². The third-order valence-electron chi connectivity index (χ3n) is 0.0745. The molecule has 0 aliphatic carbocycles. The summed E-state index contributed by atoms with van der Waals surface area (Å²) in [5.74, 6) is 0. The molecule has 0 saturated carbocycles. The Morgan fingerprint density at radius 1 is 2.00 bits per heavy atom. The van der Waals surface area contributed by atoms with Crippen molar-refractivity contribution in [2.45, 2.75) is 0 Å². The van der Waals surface area contributed by atoms with Gasteiger partial charge in [-0.25, -0.2) is 0 Å². The second-order valence-electron chi connectivity index (χ2n) is 0.349. The average Bonchev–Trinajstić information content (AvgIpc) is 1.37. The van der Waals surface area contributed by atoms with E-state index in [1.165, 1.54) is 0 Å². The molecular formula is CH4GeO2. The molecule has 0 fully saturated rings. The first-order valence-electron chi connectivity index (χ1n) is 0.960. The first-order valence-corrected chi connectivity index (χ1v) is 4.00. The van der Waals surface area contributed by atoms with Gasteiger partial charge >= 0.3 is 29.8 Å². The van der Waals surface area contributed by atoms with Gasteiger partial charge in [-0.3, -0.25) is 0 Å². The molecule has 0 radical (unpaired) electrons. The Morgan fingerprint density at radius 2 is 2.25 bits per heavy atom. The van der Waals surface area contributed by atoms with Crippen molar-refractivity contribution >= 4 is 20.9 Å². The van der Waals surface area contributed by atoms with Crippen LogP contribution >= 0.6 is 0 Å². The predicted octanol–water partition coefficient (Wildman–Crippen LogP) is -1.75. The van der Waals surface area contributed by atoms with Crippen molar-refractivity contribution < 1.29 is 8.93 Å². The Morgan fingerprint density at radius 3 is 2.25 bits per heavy atom. The normalized spacial score (nSPS) is 9.25. The molecule has 24 valence electrons. The summed E-state index contributed by atoms with van der Waals surface area (Å²) in [6, 6.07) is 0. The molecule has 0 aliphatic rings. The van der Waals surface area contributed by atoms with Gasteiger partial charge in [0.15, 0.2) is 0 Å². The van der Waals surface area contributed by atoms with Crippen LogP contribution in [0.4, 0.5) is 0 Å². The summed E-state index contributed by atoms with van der Waals surface area (Å²) >= 11 is -1.57. The maximum atomic E-state index is 9.01. The van der Waals surface area contributed by atoms with E-state index in [4.69, 9.17) is 8.93 Å². The molecular weight excluding hydrogens is 117 g/mol. The van der Waals surface area contributed by atoms with Crippen molar-refractivity contribution in [2.24, 2.45) is 0 Å². The van der Waals surface area contributed by atoms with Crippen LogP contribution < -0.4 is 0 Å². The molecule has 0 saturated heterocycles. The number of hydrogen-bond donors (Lipinski definition) is 1. The van der Waals surface area contributed by atoms with Crippen molar-refractivity contribution in [1.82, 2.24) is 0 Å². The summed E-state index contributed by atoms with van der Waals surface area (Å²) in [4.78, 5) is 9.01. The van der Waals surface area contributed by atoms with Crippen molar-refractivity contribution in [3.63, 3.8) is 0 Å². The molecule has 0 amide bonds. The molecule has 0 aromatic heterocycles. The summed E-state index contributed by atoms with van der Waals surface area (Å²) in [5.41, 5.74) is 0. The Balaban J connectivity index is 2.30. The van der Waals surface area contributed by atoms with Crippen LogP contribution in [0, 0.1) is 0 Å². The zero-order valence-corrected chi connectivity index (χ0v) is 5.11. The van der Waals surface area contributed by atoms with Crippen LogP contribution in [-0.4, -0.2) is 25.0 Å². The second-order valence-corrected chi connectivity index (χ2v) is 1.81.